The Kier molecular flexibility index (Phi) is 7.56. The average molecular weight is 453 g/mol. The normalized spacial score (nSPS) is 11.5. The summed E-state index contributed by atoms with van der Waals surface area (Å²) in [5.74, 6) is 0.142. The Balaban J connectivity index is 1.71. The molecule has 1 N–H and O–H groups in total. The Morgan fingerprint density at radius 2 is 1.81 bits per heavy atom. The second kappa shape index (κ2) is 10.5. The smallest absolute Gasteiger partial charge is 0.264 e. The summed E-state index contributed by atoms with van der Waals surface area (Å²) in [6, 6.07) is 18.3. The minimum Gasteiger partial charge on any atom is -0.491 e. The fourth-order valence-corrected chi connectivity index (χ4v) is 4.21. The van der Waals surface area contributed by atoms with E-state index in [1.54, 1.807) is 54.6 Å². The van der Waals surface area contributed by atoms with Crippen LogP contribution in [0.1, 0.15) is 19.4 Å². The van der Waals surface area contributed by atoms with E-state index in [1.165, 1.54) is 30.7 Å². The molecule has 0 aliphatic carbocycles. The molecule has 0 aliphatic heterocycles. The van der Waals surface area contributed by atoms with Crippen molar-refractivity contribution in [2.24, 2.45) is 5.10 Å². The summed E-state index contributed by atoms with van der Waals surface area (Å²) in [6.07, 6.45) is 4.46. The summed E-state index contributed by atoms with van der Waals surface area (Å²) in [5.41, 5.74) is 3.40. The molecular weight excluding hydrogens is 428 g/mol. The topological polar surface area (TPSA) is 101 Å². The molecule has 0 aliphatic rings. The van der Waals surface area contributed by atoms with Gasteiger partial charge < -0.3 is 4.74 Å². The van der Waals surface area contributed by atoms with E-state index in [2.05, 4.69) is 15.5 Å². The molecule has 166 valence electrons. The molecule has 8 nitrogen and oxygen atoms in total. The molecule has 0 bridgehead atoms. The molecule has 3 rings (SSSR count). The standard InChI is InChI=1S/C23H24N4O4S/c1-18(2)31-21-12-10-19(11-13-21)15-25-26-23(28)17-27(20-7-6-14-24-16-20)32(29,30)22-8-4-3-5-9-22/h3-16,18H,17H2,1-2H3,(H,26,28)/b25-15-. The van der Waals surface area contributed by atoms with E-state index in [-0.39, 0.29) is 16.7 Å². The van der Waals surface area contributed by atoms with Crippen molar-refractivity contribution in [1.82, 2.24) is 10.4 Å². The lowest BCUT2D eigenvalue weighted by Gasteiger charge is -2.23. The third-order valence-electron chi connectivity index (χ3n) is 4.21. The van der Waals surface area contributed by atoms with Crippen molar-refractivity contribution in [3.05, 3.63) is 84.7 Å². The number of benzene rings is 2. The first-order chi connectivity index (χ1) is 15.4. The molecular formula is C23H24N4O4S. The molecule has 1 heterocycles. The van der Waals surface area contributed by atoms with Crippen molar-refractivity contribution in [2.45, 2.75) is 24.8 Å². The summed E-state index contributed by atoms with van der Waals surface area (Å²) in [7, 11) is -3.97. The molecule has 0 atom stereocenters. The predicted molar refractivity (Wildman–Crippen MR) is 123 cm³/mol. The van der Waals surface area contributed by atoms with E-state index in [0.717, 1.165) is 15.6 Å². The van der Waals surface area contributed by atoms with Crippen LogP contribution in [0.15, 0.2) is 89.1 Å². The predicted octanol–water partition coefficient (Wildman–Crippen LogP) is 3.21. The van der Waals surface area contributed by atoms with Crippen molar-refractivity contribution in [3.8, 4) is 5.75 Å². The van der Waals surface area contributed by atoms with Crippen LogP contribution in [-0.4, -0.2) is 38.2 Å². The van der Waals surface area contributed by atoms with Gasteiger partial charge in [-0.25, -0.2) is 13.8 Å². The van der Waals surface area contributed by atoms with Crippen LogP contribution < -0.4 is 14.5 Å². The van der Waals surface area contributed by atoms with Crippen molar-refractivity contribution >= 4 is 27.8 Å². The number of pyridine rings is 1. The van der Waals surface area contributed by atoms with E-state index in [0.29, 0.717) is 0 Å². The molecule has 1 amide bonds. The van der Waals surface area contributed by atoms with Crippen LogP contribution in [0.25, 0.3) is 0 Å². The zero-order chi connectivity index (χ0) is 23.0. The Bertz CT molecular complexity index is 1150. The number of carbonyl (C=O) groups is 1. The highest BCUT2D eigenvalue weighted by atomic mass is 32.2. The van der Waals surface area contributed by atoms with Gasteiger partial charge in [0.25, 0.3) is 15.9 Å². The number of aromatic nitrogens is 1. The van der Waals surface area contributed by atoms with Gasteiger partial charge in [0, 0.05) is 6.20 Å². The largest absolute Gasteiger partial charge is 0.491 e. The molecule has 2 aromatic carbocycles. The van der Waals surface area contributed by atoms with Crippen molar-refractivity contribution in [2.75, 3.05) is 10.8 Å². The number of amides is 1. The maximum absolute atomic E-state index is 13.1. The van der Waals surface area contributed by atoms with E-state index in [4.69, 9.17) is 4.74 Å². The summed E-state index contributed by atoms with van der Waals surface area (Å²) < 4.78 is 32.9. The van der Waals surface area contributed by atoms with Gasteiger partial charge in [-0.1, -0.05) is 18.2 Å². The van der Waals surface area contributed by atoms with Crippen molar-refractivity contribution < 1.29 is 17.9 Å². The lowest BCUT2D eigenvalue weighted by Crippen LogP contribution is -2.39. The Morgan fingerprint density at radius 3 is 2.44 bits per heavy atom. The number of rotatable bonds is 9. The van der Waals surface area contributed by atoms with Crippen molar-refractivity contribution in [3.63, 3.8) is 0 Å². The van der Waals surface area contributed by atoms with Crippen molar-refractivity contribution in [1.29, 1.82) is 0 Å². The molecule has 0 unspecified atom stereocenters. The van der Waals surface area contributed by atoms with Gasteiger partial charge in [-0.2, -0.15) is 5.10 Å². The summed E-state index contributed by atoms with van der Waals surface area (Å²) in [5, 5.41) is 3.93. The fraction of sp³-hybridized carbons (Fsp3) is 0.174. The first-order valence-corrected chi connectivity index (χ1v) is 11.4. The monoisotopic (exact) mass is 452 g/mol. The Hall–Kier alpha value is -3.72. The number of carbonyl (C=O) groups excluding carboxylic acids is 1. The lowest BCUT2D eigenvalue weighted by atomic mass is 10.2. The fourth-order valence-electron chi connectivity index (χ4n) is 2.79. The van der Waals surface area contributed by atoms with Gasteiger partial charge in [-0.05, 0) is 67.9 Å². The first-order valence-electron chi connectivity index (χ1n) is 9.93. The molecule has 0 fully saturated rings. The molecule has 9 heteroatoms. The van der Waals surface area contributed by atoms with Gasteiger partial charge in [0.15, 0.2) is 0 Å². The zero-order valence-electron chi connectivity index (χ0n) is 17.8. The molecule has 0 saturated carbocycles. The highest BCUT2D eigenvalue weighted by molar-refractivity contribution is 7.92. The van der Waals surface area contributed by atoms with Crippen LogP contribution in [0.4, 0.5) is 5.69 Å². The summed E-state index contributed by atoms with van der Waals surface area (Å²) in [4.78, 5) is 16.5. The Morgan fingerprint density at radius 1 is 1.09 bits per heavy atom. The molecule has 32 heavy (non-hydrogen) atoms. The van der Waals surface area contributed by atoms with Crippen LogP contribution in [0, 0.1) is 0 Å². The van der Waals surface area contributed by atoms with Crippen LogP contribution in [0.3, 0.4) is 0 Å². The molecule has 0 radical (unpaired) electrons. The summed E-state index contributed by atoms with van der Waals surface area (Å²) >= 11 is 0. The van der Waals surface area contributed by atoms with Gasteiger partial charge in [0.1, 0.15) is 12.3 Å². The molecule has 1 aromatic heterocycles. The molecule has 3 aromatic rings. The number of sulfonamides is 1. The maximum atomic E-state index is 13.1. The van der Waals surface area contributed by atoms with Crippen LogP contribution in [-0.2, 0) is 14.8 Å². The minimum atomic E-state index is -3.97. The van der Waals surface area contributed by atoms with E-state index >= 15 is 0 Å². The third-order valence-corrected chi connectivity index (χ3v) is 6.00. The van der Waals surface area contributed by atoms with Gasteiger partial charge >= 0.3 is 0 Å². The minimum absolute atomic E-state index is 0.0729. The quantitative estimate of drug-likeness (QED) is 0.397. The maximum Gasteiger partial charge on any atom is 0.264 e. The third kappa shape index (κ3) is 6.14. The molecule has 0 spiro atoms. The van der Waals surface area contributed by atoms with Gasteiger partial charge in [-0.15, -0.1) is 0 Å². The average Bonchev–Trinajstić information content (AvgIpc) is 2.79. The number of nitrogens with one attached hydrogen (secondary N) is 1. The number of hydrazone groups is 1. The number of ether oxygens (including phenoxy) is 1. The van der Waals surface area contributed by atoms with Crippen LogP contribution >= 0.6 is 0 Å². The van der Waals surface area contributed by atoms with E-state index < -0.39 is 22.5 Å². The lowest BCUT2D eigenvalue weighted by molar-refractivity contribution is -0.119. The first kappa shape index (κ1) is 23.0. The molecule has 0 saturated heterocycles. The van der Waals surface area contributed by atoms with Gasteiger partial charge in [0.2, 0.25) is 0 Å². The number of hydrogen-bond acceptors (Lipinski definition) is 6. The van der Waals surface area contributed by atoms with E-state index in [1.807, 2.05) is 13.8 Å². The SMILES string of the molecule is CC(C)Oc1ccc(/C=N\NC(=O)CN(c2cccnc2)S(=O)(=O)c2ccccc2)cc1. The highest BCUT2D eigenvalue weighted by Crippen LogP contribution is 2.22. The van der Waals surface area contributed by atoms with Crippen LogP contribution in [0.2, 0.25) is 0 Å². The Labute approximate surface area is 187 Å². The van der Waals surface area contributed by atoms with Gasteiger partial charge in [-0.3, -0.25) is 14.1 Å². The number of nitrogens with zero attached hydrogens (tertiary/aromatic N) is 3. The van der Waals surface area contributed by atoms with Crippen LogP contribution in [0.5, 0.6) is 5.75 Å². The second-order valence-electron chi connectivity index (χ2n) is 7.06. The summed E-state index contributed by atoms with van der Waals surface area (Å²) in [6.45, 7) is 3.43. The highest BCUT2D eigenvalue weighted by Gasteiger charge is 2.27. The zero-order valence-corrected chi connectivity index (χ0v) is 18.6. The second-order valence-corrected chi connectivity index (χ2v) is 8.93. The van der Waals surface area contributed by atoms with Gasteiger partial charge in [0.05, 0.1) is 29.1 Å². The number of anilines is 1. The van der Waals surface area contributed by atoms with E-state index in [9.17, 15) is 13.2 Å². The number of hydrogen-bond donors (Lipinski definition) is 1.